The van der Waals surface area contributed by atoms with Gasteiger partial charge in [0, 0.05) is 17.0 Å². The predicted octanol–water partition coefficient (Wildman–Crippen LogP) is 2.67. The number of hydrogen-bond acceptors (Lipinski definition) is 2. The summed E-state index contributed by atoms with van der Waals surface area (Å²) < 4.78 is 0. The zero-order chi connectivity index (χ0) is 11.7. The fraction of sp³-hybridized carbons (Fsp3) is 0.462. The molecule has 1 saturated carbocycles. The second kappa shape index (κ2) is 4.50. The molecule has 1 aromatic rings. The fourth-order valence-corrected chi connectivity index (χ4v) is 2.06. The van der Waals surface area contributed by atoms with Crippen molar-refractivity contribution in [2.24, 2.45) is 11.8 Å². The highest BCUT2D eigenvalue weighted by atomic mass is 32.1. The summed E-state index contributed by atoms with van der Waals surface area (Å²) in [6.07, 6.45) is 1.24. The lowest BCUT2D eigenvalue weighted by atomic mass is 10.1. The van der Waals surface area contributed by atoms with Crippen molar-refractivity contribution < 1.29 is 4.79 Å². The van der Waals surface area contributed by atoms with Gasteiger partial charge in [0.1, 0.15) is 0 Å². The number of amides is 1. The van der Waals surface area contributed by atoms with E-state index in [-0.39, 0.29) is 5.91 Å². The maximum absolute atomic E-state index is 11.9. The van der Waals surface area contributed by atoms with Crippen molar-refractivity contribution >= 4 is 18.5 Å². The third-order valence-electron chi connectivity index (χ3n) is 3.27. The monoisotopic (exact) mass is 235 g/mol. The van der Waals surface area contributed by atoms with E-state index in [2.05, 4.69) is 24.9 Å². The van der Waals surface area contributed by atoms with Crippen LogP contribution in [0.2, 0.25) is 0 Å². The van der Waals surface area contributed by atoms with E-state index in [1.807, 2.05) is 25.1 Å². The van der Waals surface area contributed by atoms with E-state index in [4.69, 9.17) is 0 Å². The Morgan fingerprint density at radius 1 is 1.56 bits per heavy atom. The van der Waals surface area contributed by atoms with Crippen LogP contribution in [0.1, 0.15) is 29.3 Å². The first-order valence-corrected chi connectivity index (χ1v) is 6.10. The van der Waals surface area contributed by atoms with Crippen molar-refractivity contribution in [1.29, 1.82) is 0 Å². The lowest BCUT2D eigenvalue weighted by molar-refractivity contribution is 0.0950. The Morgan fingerprint density at radius 2 is 2.25 bits per heavy atom. The van der Waals surface area contributed by atoms with E-state index >= 15 is 0 Å². The summed E-state index contributed by atoms with van der Waals surface area (Å²) in [4.78, 5) is 12.7. The molecule has 1 amide bonds. The van der Waals surface area contributed by atoms with Crippen LogP contribution in [0.15, 0.2) is 23.1 Å². The van der Waals surface area contributed by atoms with Crippen molar-refractivity contribution in [3.8, 4) is 0 Å². The van der Waals surface area contributed by atoms with Crippen LogP contribution in [0.25, 0.3) is 0 Å². The molecule has 2 unspecified atom stereocenters. The van der Waals surface area contributed by atoms with Crippen LogP contribution in [0.4, 0.5) is 0 Å². The van der Waals surface area contributed by atoms with Crippen molar-refractivity contribution in [2.75, 3.05) is 6.54 Å². The number of thiol groups is 1. The van der Waals surface area contributed by atoms with Gasteiger partial charge in [0.25, 0.3) is 5.91 Å². The third-order valence-corrected chi connectivity index (χ3v) is 3.54. The zero-order valence-electron chi connectivity index (χ0n) is 9.66. The van der Waals surface area contributed by atoms with Crippen LogP contribution >= 0.6 is 12.6 Å². The van der Waals surface area contributed by atoms with Crippen LogP contribution in [0.5, 0.6) is 0 Å². The molecule has 2 atom stereocenters. The summed E-state index contributed by atoms with van der Waals surface area (Å²) in [5.41, 5.74) is 1.74. The van der Waals surface area contributed by atoms with Gasteiger partial charge in [-0.2, -0.15) is 0 Å². The Morgan fingerprint density at radius 3 is 2.88 bits per heavy atom. The standard InChI is InChI=1S/C13H17NOS/c1-8-3-4-11(16)6-12(8)13(15)14-7-10-5-9(10)2/h3-4,6,9-10,16H,5,7H2,1-2H3,(H,14,15). The predicted molar refractivity (Wildman–Crippen MR) is 68.0 cm³/mol. The van der Waals surface area contributed by atoms with Gasteiger partial charge in [-0.15, -0.1) is 12.6 Å². The molecular weight excluding hydrogens is 218 g/mol. The minimum absolute atomic E-state index is 0.0208. The highest BCUT2D eigenvalue weighted by Gasteiger charge is 2.32. The summed E-state index contributed by atoms with van der Waals surface area (Å²) in [6, 6.07) is 5.65. The molecule has 0 aliphatic heterocycles. The lowest BCUT2D eigenvalue weighted by Crippen LogP contribution is -2.26. The summed E-state index contributed by atoms with van der Waals surface area (Å²) >= 11 is 4.25. The molecule has 1 aliphatic rings. The van der Waals surface area contributed by atoms with Crippen molar-refractivity contribution in [1.82, 2.24) is 5.32 Å². The van der Waals surface area contributed by atoms with Crippen molar-refractivity contribution in [3.63, 3.8) is 0 Å². The molecule has 2 rings (SSSR count). The van der Waals surface area contributed by atoms with Gasteiger partial charge in [0.05, 0.1) is 0 Å². The number of hydrogen-bond donors (Lipinski definition) is 2. The molecule has 0 spiro atoms. The van der Waals surface area contributed by atoms with Crippen molar-refractivity contribution in [2.45, 2.75) is 25.2 Å². The lowest BCUT2D eigenvalue weighted by Gasteiger charge is -2.07. The van der Waals surface area contributed by atoms with E-state index in [1.54, 1.807) is 0 Å². The molecule has 86 valence electrons. The molecular formula is C13H17NOS. The molecule has 0 aromatic heterocycles. The van der Waals surface area contributed by atoms with Gasteiger partial charge < -0.3 is 5.32 Å². The SMILES string of the molecule is Cc1ccc(S)cc1C(=O)NCC1CC1C. The maximum Gasteiger partial charge on any atom is 0.251 e. The first-order valence-electron chi connectivity index (χ1n) is 5.65. The summed E-state index contributed by atoms with van der Waals surface area (Å²) in [6.45, 7) is 4.97. The van der Waals surface area contributed by atoms with Crippen LogP contribution in [0.3, 0.4) is 0 Å². The molecule has 1 aromatic carbocycles. The Balaban J connectivity index is 1.99. The molecule has 0 bridgehead atoms. The van der Waals surface area contributed by atoms with Crippen molar-refractivity contribution in [3.05, 3.63) is 29.3 Å². The molecule has 3 heteroatoms. The van der Waals surface area contributed by atoms with Gasteiger partial charge in [-0.25, -0.2) is 0 Å². The number of aryl methyl sites for hydroxylation is 1. The van der Waals surface area contributed by atoms with E-state index in [0.29, 0.717) is 5.92 Å². The molecule has 1 N–H and O–H groups in total. The summed E-state index contributed by atoms with van der Waals surface area (Å²) in [5, 5.41) is 2.99. The van der Waals surface area contributed by atoms with E-state index < -0.39 is 0 Å². The topological polar surface area (TPSA) is 29.1 Å². The Labute approximate surface area is 102 Å². The quantitative estimate of drug-likeness (QED) is 0.775. The number of nitrogens with one attached hydrogen (secondary N) is 1. The minimum Gasteiger partial charge on any atom is -0.352 e. The second-order valence-electron chi connectivity index (χ2n) is 4.68. The van der Waals surface area contributed by atoms with Gasteiger partial charge in [-0.3, -0.25) is 4.79 Å². The molecule has 1 fully saturated rings. The fourth-order valence-electron chi connectivity index (χ4n) is 1.86. The van der Waals surface area contributed by atoms with Crippen LogP contribution in [0, 0.1) is 18.8 Å². The molecule has 16 heavy (non-hydrogen) atoms. The number of carbonyl (C=O) groups excluding carboxylic acids is 1. The average Bonchev–Trinajstić information content (AvgIpc) is 2.95. The molecule has 0 radical (unpaired) electrons. The smallest absolute Gasteiger partial charge is 0.251 e. The summed E-state index contributed by atoms with van der Waals surface area (Å²) in [7, 11) is 0. The zero-order valence-corrected chi connectivity index (χ0v) is 10.6. The second-order valence-corrected chi connectivity index (χ2v) is 5.20. The van der Waals surface area contributed by atoms with Gasteiger partial charge >= 0.3 is 0 Å². The molecule has 2 nitrogen and oxygen atoms in total. The van der Waals surface area contributed by atoms with E-state index in [0.717, 1.165) is 28.5 Å². The summed E-state index contributed by atoms with van der Waals surface area (Å²) in [5.74, 6) is 1.48. The van der Waals surface area contributed by atoms with E-state index in [9.17, 15) is 4.79 Å². The molecule has 0 heterocycles. The minimum atomic E-state index is 0.0208. The third kappa shape index (κ3) is 2.59. The van der Waals surface area contributed by atoms with Crippen LogP contribution in [-0.2, 0) is 0 Å². The highest BCUT2D eigenvalue weighted by Crippen LogP contribution is 2.36. The first kappa shape index (κ1) is 11.5. The number of benzene rings is 1. The Hall–Kier alpha value is -0.960. The highest BCUT2D eigenvalue weighted by molar-refractivity contribution is 7.80. The van der Waals surface area contributed by atoms with Crippen LogP contribution in [-0.4, -0.2) is 12.5 Å². The first-order chi connectivity index (χ1) is 7.58. The normalized spacial score (nSPS) is 22.9. The van der Waals surface area contributed by atoms with Gasteiger partial charge in [-0.1, -0.05) is 13.0 Å². The Bertz CT molecular complexity index is 416. The Kier molecular flexibility index (Phi) is 3.24. The van der Waals surface area contributed by atoms with Crippen LogP contribution < -0.4 is 5.32 Å². The molecule has 1 aliphatic carbocycles. The maximum atomic E-state index is 11.9. The van der Waals surface area contributed by atoms with Gasteiger partial charge in [0.2, 0.25) is 0 Å². The largest absolute Gasteiger partial charge is 0.352 e. The molecule has 0 saturated heterocycles. The van der Waals surface area contributed by atoms with Gasteiger partial charge in [0.15, 0.2) is 0 Å². The van der Waals surface area contributed by atoms with Gasteiger partial charge in [-0.05, 0) is 42.9 Å². The van der Waals surface area contributed by atoms with E-state index in [1.165, 1.54) is 6.42 Å². The number of carbonyl (C=O) groups is 1. The average molecular weight is 235 g/mol. The number of rotatable bonds is 3.